The predicted molar refractivity (Wildman–Crippen MR) is 185 cm³/mol. The van der Waals surface area contributed by atoms with Gasteiger partial charge in [-0.05, 0) is 34.9 Å². The van der Waals surface area contributed by atoms with E-state index in [0.717, 1.165) is 50.6 Å². The molecule has 6 rings (SSSR count). The summed E-state index contributed by atoms with van der Waals surface area (Å²) in [5.74, 6) is 2.66. The number of benzene rings is 6. The summed E-state index contributed by atoms with van der Waals surface area (Å²) in [6.07, 6.45) is 0. The smallest absolute Gasteiger partial charge is 0.124 e. The second-order valence-electron chi connectivity index (χ2n) is 11.3. The molecule has 0 atom stereocenters. The van der Waals surface area contributed by atoms with Gasteiger partial charge in [-0.15, -0.1) is 0 Å². The normalized spacial score (nSPS) is 10.9. The van der Waals surface area contributed by atoms with Crippen molar-refractivity contribution in [1.29, 1.82) is 0 Å². The first kappa shape index (κ1) is 30.7. The summed E-state index contributed by atoms with van der Waals surface area (Å²) in [5, 5.41) is 0. The first-order valence-electron chi connectivity index (χ1n) is 15.8. The largest absolute Gasteiger partial charge is 0.489 e. The molecule has 4 heteroatoms. The highest BCUT2D eigenvalue weighted by atomic mass is 16.5. The van der Waals surface area contributed by atoms with Crippen LogP contribution in [-0.4, -0.2) is 4.90 Å². The number of hydrogen-bond donors (Lipinski definition) is 0. The minimum atomic E-state index is 0.518. The van der Waals surface area contributed by atoms with Gasteiger partial charge in [0.1, 0.15) is 37.1 Å². The molecule has 0 spiro atoms. The van der Waals surface area contributed by atoms with Gasteiger partial charge in [0, 0.05) is 36.3 Å². The molecular weight excluding hydrogens is 566 g/mol. The van der Waals surface area contributed by atoms with Gasteiger partial charge in [0.25, 0.3) is 0 Å². The Bertz CT molecular complexity index is 1560. The third kappa shape index (κ3) is 8.87. The van der Waals surface area contributed by atoms with Crippen molar-refractivity contribution < 1.29 is 14.2 Å². The number of rotatable bonds is 15. The second-order valence-corrected chi connectivity index (χ2v) is 11.3. The van der Waals surface area contributed by atoms with Gasteiger partial charge in [-0.3, -0.25) is 4.90 Å². The van der Waals surface area contributed by atoms with Crippen LogP contribution >= 0.6 is 0 Å². The average molecular weight is 606 g/mol. The molecule has 0 heterocycles. The van der Waals surface area contributed by atoms with Crippen molar-refractivity contribution in [2.75, 3.05) is 0 Å². The van der Waals surface area contributed by atoms with Gasteiger partial charge in [-0.2, -0.15) is 0 Å². The third-order valence-corrected chi connectivity index (χ3v) is 7.81. The summed E-state index contributed by atoms with van der Waals surface area (Å²) >= 11 is 0. The van der Waals surface area contributed by atoms with E-state index >= 15 is 0 Å². The molecule has 0 aliphatic heterocycles. The van der Waals surface area contributed by atoms with Crippen LogP contribution in [0.3, 0.4) is 0 Å². The summed E-state index contributed by atoms with van der Waals surface area (Å²) in [5.41, 5.74) is 6.81. The number of ether oxygens (including phenoxy) is 3. The molecule has 0 saturated heterocycles. The quantitative estimate of drug-likeness (QED) is 0.117. The first-order chi connectivity index (χ1) is 22.8. The van der Waals surface area contributed by atoms with Crippen LogP contribution in [0.5, 0.6) is 17.2 Å². The maximum Gasteiger partial charge on any atom is 0.124 e. The van der Waals surface area contributed by atoms with Gasteiger partial charge in [-0.25, -0.2) is 0 Å². The monoisotopic (exact) mass is 605 g/mol. The van der Waals surface area contributed by atoms with Gasteiger partial charge in [0.15, 0.2) is 0 Å². The number of hydrogen-bond acceptors (Lipinski definition) is 4. The van der Waals surface area contributed by atoms with Crippen molar-refractivity contribution in [3.05, 3.63) is 197 Å². The topological polar surface area (TPSA) is 30.9 Å². The zero-order chi connectivity index (χ0) is 31.2. The van der Waals surface area contributed by atoms with Crippen LogP contribution in [0.15, 0.2) is 164 Å². The highest BCUT2D eigenvalue weighted by Gasteiger charge is 2.17. The minimum absolute atomic E-state index is 0.518. The molecule has 0 N–H and O–H groups in total. The first-order valence-corrected chi connectivity index (χ1v) is 15.8. The Morgan fingerprint density at radius 3 is 0.870 bits per heavy atom. The fraction of sp³-hybridized carbons (Fsp3) is 0.143. The van der Waals surface area contributed by atoms with E-state index in [9.17, 15) is 0 Å². The van der Waals surface area contributed by atoms with Crippen LogP contribution in [0.25, 0.3) is 0 Å². The maximum absolute atomic E-state index is 6.37. The Labute approximate surface area is 272 Å². The van der Waals surface area contributed by atoms with Crippen LogP contribution < -0.4 is 14.2 Å². The van der Waals surface area contributed by atoms with Crippen molar-refractivity contribution in [2.24, 2.45) is 0 Å². The van der Waals surface area contributed by atoms with Crippen molar-refractivity contribution in [3.63, 3.8) is 0 Å². The van der Waals surface area contributed by atoms with E-state index in [4.69, 9.17) is 14.2 Å². The molecule has 0 unspecified atom stereocenters. The molecule has 0 aliphatic rings. The summed E-state index contributed by atoms with van der Waals surface area (Å²) in [6.45, 7) is 3.61. The Kier molecular flexibility index (Phi) is 10.8. The van der Waals surface area contributed by atoms with E-state index in [1.807, 2.05) is 72.8 Å². The van der Waals surface area contributed by atoms with Crippen molar-refractivity contribution in [2.45, 2.75) is 39.5 Å². The lowest BCUT2D eigenvalue weighted by Gasteiger charge is -2.26. The molecule has 0 amide bonds. The molecule has 230 valence electrons. The molecule has 0 bridgehead atoms. The zero-order valence-electron chi connectivity index (χ0n) is 26.0. The Hall–Kier alpha value is -5.32. The zero-order valence-corrected chi connectivity index (χ0v) is 26.0. The van der Waals surface area contributed by atoms with E-state index in [1.165, 1.54) is 0 Å². The van der Waals surface area contributed by atoms with Crippen molar-refractivity contribution in [3.8, 4) is 17.2 Å². The molecule has 6 aromatic rings. The lowest BCUT2D eigenvalue weighted by atomic mass is 10.1. The van der Waals surface area contributed by atoms with Gasteiger partial charge >= 0.3 is 0 Å². The van der Waals surface area contributed by atoms with E-state index in [0.29, 0.717) is 39.5 Å². The molecule has 0 aromatic heterocycles. The van der Waals surface area contributed by atoms with E-state index in [1.54, 1.807) is 0 Å². The van der Waals surface area contributed by atoms with Crippen molar-refractivity contribution >= 4 is 0 Å². The summed E-state index contributed by atoms with van der Waals surface area (Å²) < 4.78 is 19.1. The summed E-state index contributed by atoms with van der Waals surface area (Å²) in [4.78, 5) is 2.43. The maximum atomic E-state index is 6.37. The SMILES string of the molecule is c1ccc(COc2ccccc2CN(Cc2ccccc2OCc2ccccc2)Cc2ccccc2OCc2ccccc2)cc1. The van der Waals surface area contributed by atoms with Gasteiger partial charge < -0.3 is 14.2 Å². The second kappa shape index (κ2) is 16.1. The van der Waals surface area contributed by atoms with E-state index in [-0.39, 0.29) is 0 Å². The highest BCUT2D eigenvalue weighted by molar-refractivity contribution is 5.38. The molecule has 46 heavy (non-hydrogen) atoms. The lowest BCUT2D eigenvalue weighted by Crippen LogP contribution is -2.23. The Morgan fingerprint density at radius 1 is 0.304 bits per heavy atom. The third-order valence-electron chi connectivity index (χ3n) is 7.81. The molecule has 6 aromatic carbocycles. The van der Waals surface area contributed by atoms with Crippen molar-refractivity contribution in [1.82, 2.24) is 4.90 Å². The Morgan fingerprint density at radius 2 is 0.565 bits per heavy atom. The minimum Gasteiger partial charge on any atom is -0.489 e. The van der Waals surface area contributed by atoms with Crippen LogP contribution in [0.1, 0.15) is 33.4 Å². The number of para-hydroxylation sites is 3. The lowest BCUT2D eigenvalue weighted by molar-refractivity contribution is 0.224. The van der Waals surface area contributed by atoms with E-state index in [2.05, 4.69) is 95.9 Å². The van der Waals surface area contributed by atoms with Gasteiger partial charge in [0.2, 0.25) is 0 Å². The van der Waals surface area contributed by atoms with Crippen LogP contribution in [-0.2, 0) is 39.5 Å². The molecule has 0 aliphatic carbocycles. The van der Waals surface area contributed by atoms with E-state index < -0.39 is 0 Å². The molecular formula is C42H39NO3. The van der Waals surface area contributed by atoms with Crippen LogP contribution in [0.2, 0.25) is 0 Å². The standard InChI is InChI=1S/C42H39NO3/c1-4-16-34(17-5-1)31-44-40-25-13-10-22-37(40)28-43(29-38-23-11-14-26-41(38)45-32-35-18-6-2-7-19-35)30-39-24-12-15-27-42(39)46-33-36-20-8-3-9-21-36/h1-27H,28-33H2. The summed E-state index contributed by atoms with van der Waals surface area (Å²) in [7, 11) is 0. The highest BCUT2D eigenvalue weighted by Crippen LogP contribution is 2.29. The molecule has 0 radical (unpaired) electrons. The van der Waals surface area contributed by atoms with Crippen LogP contribution in [0, 0.1) is 0 Å². The average Bonchev–Trinajstić information content (AvgIpc) is 3.12. The fourth-order valence-corrected chi connectivity index (χ4v) is 5.42. The van der Waals surface area contributed by atoms with Gasteiger partial charge in [-0.1, -0.05) is 146 Å². The summed E-state index contributed by atoms with van der Waals surface area (Å²) in [6, 6.07) is 55.9. The van der Waals surface area contributed by atoms with Gasteiger partial charge in [0.05, 0.1) is 0 Å². The fourth-order valence-electron chi connectivity index (χ4n) is 5.42. The molecule has 0 fully saturated rings. The molecule has 4 nitrogen and oxygen atoms in total. The predicted octanol–water partition coefficient (Wildman–Crippen LogP) is 9.63. The Balaban J connectivity index is 1.25. The number of nitrogens with zero attached hydrogens (tertiary/aromatic N) is 1. The van der Waals surface area contributed by atoms with Crippen LogP contribution in [0.4, 0.5) is 0 Å². The molecule has 0 saturated carbocycles.